The number of unbranched alkanes of at least 4 members (excludes halogenated alkanes) is 3. The highest BCUT2D eigenvalue weighted by Crippen LogP contribution is 1.96. The van der Waals surface area contributed by atoms with Crippen LogP contribution in [0, 0.1) is 0 Å². The van der Waals surface area contributed by atoms with Crippen molar-refractivity contribution in [3.8, 4) is 0 Å². The van der Waals surface area contributed by atoms with Crippen LogP contribution in [0.4, 0.5) is 0 Å². The van der Waals surface area contributed by atoms with E-state index in [0.29, 0.717) is 0 Å². The van der Waals surface area contributed by atoms with Crippen LogP contribution in [0.5, 0.6) is 0 Å². The molecule has 0 atom stereocenters. The smallest absolute Gasteiger partial charge is 0.0239 e. The highest BCUT2D eigenvalue weighted by molar-refractivity contribution is 4.39. The van der Waals surface area contributed by atoms with Crippen molar-refractivity contribution in [3.05, 3.63) is 0 Å². The summed E-state index contributed by atoms with van der Waals surface area (Å²) in [6, 6.07) is 0. The molecule has 0 aromatic heterocycles. The molecule has 56 valence electrons. The Balaban J connectivity index is 2.60. The van der Waals surface area contributed by atoms with Crippen molar-refractivity contribution in [2.75, 3.05) is 6.54 Å². The van der Waals surface area contributed by atoms with Crippen LogP contribution in [0.25, 0.3) is 0 Å². The lowest BCUT2D eigenvalue weighted by molar-refractivity contribution is -0.291. The van der Waals surface area contributed by atoms with E-state index in [1.54, 1.807) is 0 Å². The fraction of sp³-hybridized carbons (Fsp3) is 1.00. The molecular weight excluding hydrogens is 118 g/mol. The Hall–Kier alpha value is -0.120. The van der Waals surface area contributed by atoms with Crippen LogP contribution in [0.15, 0.2) is 0 Å². The SMILES string of the molecule is CCCCCCNOO. The molecule has 3 nitrogen and oxygen atoms in total. The van der Waals surface area contributed by atoms with E-state index in [1.807, 2.05) is 0 Å². The van der Waals surface area contributed by atoms with E-state index in [9.17, 15) is 0 Å². The van der Waals surface area contributed by atoms with Crippen molar-refractivity contribution in [1.29, 1.82) is 0 Å². The van der Waals surface area contributed by atoms with E-state index in [4.69, 9.17) is 5.26 Å². The van der Waals surface area contributed by atoms with Gasteiger partial charge in [-0.3, -0.25) is 0 Å². The maximum absolute atomic E-state index is 7.81. The molecule has 0 saturated heterocycles. The standard InChI is InChI=1S/C6H15NO2/c1-2-3-4-5-6-7-9-8/h7-8H,2-6H2,1H3. The third kappa shape index (κ3) is 7.88. The maximum Gasteiger partial charge on any atom is 0.0239 e. The second-order valence-corrected chi connectivity index (χ2v) is 2.05. The molecule has 9 heavy (non-hydrogen) atoms. The first-order chi connectivity index (χ1) is 4.41. The molecule has 0 aliphatic rings. The molecule has 0 rings (SSSR count). The van der Waals surface area contributed by atoms with Gasteiger partial charge >= 0.3 is 0 Å². The topological polar surface area (TPSA) is 41.5 Å². The number of hydroxylamine groups is 1. The van der Waals surface area contributed by atoms with Crippen LogP contribution >= 0.6 is 0 Å². The van der Waals surface area contributed by atoms with Crippen molar-refractivity contribution >= 4 is 0 Å². The first kappa shape index (κ1) is 8.88. The molecule has 3 heteroatoms. The summed E-state index contributed by atoms with van der Waals surface area (Å²) in [6.07, 6.45) is 4.76. The largest absolute Gasteiger partial charge is 0.233 e. The Morgan fingerprint density at radius 3 is 2.67 bits per heavy atom. The molecule has 0 heterocycles. The van der Waals surface area contributed by atoms with Crippen molar-refractivity contribution in [1.82, 2.24) is 5.48 Å². The fourth-order valence-electron chi connectivity index (χ4n) is 0.670. The molecule has 0 bridgehead atoms. The van der Waals surface area contributed by atoms with Crippen molar-refractivity contribution in [2.24, 2.45) is 0 Å². The summed E-state index contributed by atoms with van der Waals surface area (Å²) in [6.45, 7) is 2.90. The number of rotatable bonds is 6. The second kappa shape index (κ2) is 7.88. The maximum atomic E-state index is 7.81. The Morgan fingerprint density at radius 1 is 1.33 bits per heavy atom. The Bertz CT molecular complexity index is 44.3. The summed E-state index contributed by atoms with van der Waals surface area (Å²) in [5.74, 6) is 0. The zero-order valence-corrected chi connectivity index (χ0v) is 5.89. The van der Waals surface area contributed by atoms with E-state index in [0.717, 1.165) is 13.0 Å². The highest BCUT2D eigenvalue weighted by atomic mass is 17.2. The van der Waals surface area contributed by atoms with E-state index in [2.05, 4.69) is 17.4 Å². The van der Waals surface area contributed by atoms with Crippen LogP contribution in [0.2, 0.25) is 0 Å². The lowest BCUT2D eigenvalue weighted by Crippen LogP contribution is -2.12. The van der Waals surface area contributed by atoms with Gasteiger partial charge in [0.05, 0.1) is 0 Å². The average molecular weight is 133 g/mol. The Labute approximate surface area is 55.9 Å². The molecule has 0 radical (unpaired) electrons. The summed E-state index contributed by atoms with van der Waals surface area (Å²) in [5.41, 5.74) is 2.36. The molecule has 2 N–H and O–H groups in total. The zero-order chi connectivity index (χ0) is 6.95. The van der Waals surface area contributed by atoms with Crippen LogP contribution in [-0.4, -0.2) is 11.8 Å². The lowest BCUT2D eigenvalue weighted by atomic mass is 10.2. The van der Waals surface area contributed by atoms with Gasteiger partial charge in [0.2, 0.25) is 0 Å². The fourth-order valence-corrected chi connectivity index (χ4v) is 0.670. The summed E-state index contributed by atoms with van der Waals surface area (Å²) >= 11 is 0. The van der Waals surface area contributed by atoms with Gasteiger partial charge in [-0.25, -0.2) is 5.26 Å². The van der Waals surface area contributed by atoms with E-state index >= 15 is 0 Å². The molecule has 0 amide bonds. The van der Waals surface area contributed by atoms with Gasteiger partial charge in [-0.2, -0.15) is 5.48 Å². The van der Waals surface area contributed by atoms with Gasteiger partial charge < -0.3 is 0 Å². The van der Waals surface area contributed by atoms with E-state index in [1.165, 1.54) is 19.3 Å². The second-order valence-electron chi connectivity index (χ2n) is 2.05. The third-order valence-electron chi connectivity index (χ3n) is 1.20. The van der Waals surface area contributed by atoms with Crippen LogP contribution in [-0.2, 0) is 4.99 Å². The van der Waals surface area contributed by atoms with Crippen LogP contribution < -0.4 is 5.48 Å². The molecular formula is C6H15NO2. The molecule has 0 fully saturated rings. The minimum absolute atomic E-state index is 0.733. The molecule has 0 aromatic rings. The molecule has 0 aliphatic carbocycles. The predicted octanol–water partition coefficient (Wildman–Crippen LogP) is 1.56. The van der Waals surface area contributed by atoms with E-state index < -0.39 is 0 Å². The number of hydrogen-bond acceptors (Lipinski definition) is 3. The highest BCUT2D eigenvalue weighted by Gasteiger charge is 1.85. The quantitative estimate of drug-likeness (QED) is 0.328. The molecule has 0 unspecified atom stereocenters. The van der Waals surface area contributed by atoms with Gasteiger partial charge in [-0.1, -0.05) is 26.2 Å². The van der Waals surface area contributed by atoms with Gasteiger partial charge in [-0.05, 0) is 6.42 Å². The summed E-state index contributed by atoms with van der Waals surface area (Å²) in [4.78, 5) is 3.67. The Kier molecular flexibility index (Phi) is 7.77. The summed E-state index contributed by atoms with van der Waals surface area (Å²) in [5, 5.41) is 7.81. The van der Waals surface area contributed by atoms with Gasteiger partial charge in [-0.15, -0.1) is 4.99 Å². The molecule has 0 aliphatic heterocycles. The minimum Gasteiger partial charge on any atom is -0.233 e. The van der Waals surface area contributed by atoms with E-state index in [-0.39, 0.29) is 0 Å². The predicted molar refractivity (Wildman–Crippen MR) is 35.9 cm³/mol. The van der Waals surface area contributed by atoms with Gasteiger partial charge in [0.1, 0.15) is 0 Å². The molecule has 0 aromatic carbocycles. The van der Waals surface area contributed by atoms with Crippen molar-refractivity contribution in [2.45, 2.75) is 32.6 Å². The van der Waals surface area contributed by atoms with Crippen molar-refractivity contribution < 1.29 is 10.2 Å². The monoisotopic (exact) mass is 133 g/mol. The van der Waals surface area contributed by atoms with Crippen molar-refractivity contribution in [3.63, 3.8) is 0 Å². The molecule has 0 spiro atoms. The summed E-state index contributed by atoms with van der Waals surface area (Å²) in [7, 11) is 0. The summed E-state index contributed by atoms with van der Waals surface area (Å²) < 4.78 is 0. The van der Waals surface area contributed by atoms with Crippen LogP contribution in [0.1, 0.15) is 32.6 Å². The first-order valence-electron chi connectivity index (χ1n) is 3.45. The van der Waals surface area contributed by atoms with Crippen LogP contribution in [0.3, 0.4) is 0 Å². The lowest BCUT2D eigenvalue weighted by Gasteiger charge is -1.97. The minimum atomic E-state index is 0.733. The van der Waals surface area contributed by atoms with Gasteiger partial charge in [0.15, 0.2) is 0 Å². The van der Waals surface area contributed by atoms with Gasteiger partial charge in [0.25, 0.3) is 0 Å². The average Bonchev–Trinajstić information content (AvgIpc) is 1.89. The zero-order valence-electron chi connectivity index (χ0n) is 5.89. The molecule has 0 saturated carbocycles. The Morgan fingerprint density at radius 2 is 2.11 bits per heavy atom. The number of hydrogen-bond donors (Lipinski definition) is 2. The van der Waals surface area contributed by atoms with Gasteiger partial charge in [0, 0.05) is 6.54 Å². The third-order valence-corrected chi connectivity index (χ3v) is 1.20. The normalized spacial score (nSPS) is 10.0. The first-order valence-corrected chi connectivity index (χ1v) is 3.45. The number of nitrogens with one attached hydrogen (secondary N) is 1.